The van der Waals surface area contributed by atoms with Crippen molar-refractivity contribution in [2.24, 2.45) is 7.05 Å². The summed E-state index contributed by atoms with van der Waals surface area (Å²) in [6, 6.07) is 16.0. The van der Waals surface area contributed by atoms with Crippen LogP contribution >= 0.6 is 0 Å². The predicted octanol–water partition coefficient (Wildman–Crippen LogP) is 2.97. The van der Waals surface area contributed by atoms with Gasteiger partial charge in [0.15, 0.2) is 5.58 Å². The summed E-state index contributed by atoms with van der Waals surface area (Å²) < 4.78 is 8.79. The molecule has 2 heterocycles. The third kappa shape index (κ3) is 2.26. The van der Waals surface area contributed by atoms with Gasteiger partial charge in [-0.2, -0.15) is 0 Å². The van der Waals surface area contributed by atoms with Crippen LogP contribution in [0.25, 0.3) is 11.1 Å². The molecule has 1 unspecified atom stereocenters. The van der Waals surface area contributed by atoms with E-state index in [0.717, 1.165) is 16.6 Å². The molecule has 0 aliphatic heterocycles. The van der Waals surface area contributed by atoms with Crippen molar-refractivity contribution in [3.05, 3.63) is 88.9 Å². The molecule has 0 saturated heterocycles. The first-order valence-corrected chi connectivity index (χ1v) is 7.36. The minimum atomic E-state index is -0.351. The summed E-state index contributed by atoms with van der Waals surface area (Å²) in [7, 11) is 1.71. The van der Waals surface area contributed by atoms with Crippen LogP contribution in [0.4, 0.5) is 0 Å². The van der Waals surface area contributed by atoms with Gasteiger partial charge in [-0.1, -0.05) is 36.4 Å². The van der Waals surface area contributed by atoms with E-state index in [-0.39, 0.29) is 11.8 Å². The number of aryl methyl sites for hydroxylation is 1. The molecule has 0 bridgehead atoms. The van der Waals surface area contributed by atoms with E-state index in [1.165, 1.54) is 4.57 Å². The maximum atomic E-state index is 11.7. The summed E-state index contributed by atoms with van der Waals surface area (Å²) in [6.07, 6.45) is 5.51. The molecule has 4 rings (SSSR count). The molecule has 1 atom stereocenters. The molecule has 2 aromatic heterocycles. The van der Waals surface area contributed by atoms with Crippen LogP contribution in [0.15, 0.2) is 76.5 Å². The Morgan fingerprint density at radius 1 is 1.09 bits per heavy atom. The first-order chi connectivity index (χ1) is 11.2. The van der Waals surface area contributed by atoms with Gasteiger partial charge in [0.2, 0.25) is 0 Å². The number of hydrogen-bond donors (Lipinski definition) is 0. The SMILES string of the molecule is Cn1c(=O)oc2ccc(C(c3ccccc3)n3ccnc3)cc21. The summed E-state index contributed by atoms with van der Waals surface area (Å²) >= 11 is 0. The van der Waals surface area contributed by atoms with Gasteiger partial charge in [-0.25, -0.2) is 9.78 Å². The third-order valence-corrected chi connectivity index (χ3v) is 4.07. The van der Waals surface area contributed by atoms with Crippen LogP contribution in [0.5, 0.6) is 0 Å². The number of imidazole rings is 1. The van der Waals surface area contributed by atoms with Crippen molar-refractivity contribution in [3.63, 3.8) is 0 Å². The normalized spacial score (nSPS) is 12.6. The molecule has 0 aliphatic carbocycles. The second kappa shape index (κ2) is 5.28. The van der Waals surface area contributed by atoms with E-state index in [2.05, 4.69) is 21.7 Å². The monoisotopic (exact) mass is 305 g/mol. The topological polar surface area (TPSA) is 53.0 Å². The molecule has 5 nitrogen and oxygen atoms in total. The molecular weight excluding hydrogens is 290 g/mol. The highest BCUT2D eigenvalue weighted by molar-refractivity contribution is 5.74. The summed E-state index contributed by atoms with van der Waals surface area (Å²) in [5, 5.41) is 0. The Balaban J connectivity index is 1.93. The highest BCUT2D eigenvalue weighted by atomic mass is 16.4. The highest BCUT2D eigenvalue weighted by Crippen LogP contribution is 2.28. The fourth-order valence-corrected chi connectivity index (χ4v) is 2.91. The van der Waals surface area contributed by atoms with Crippen molar-refractivity contribution < 1.29 is 4.42 Å². The number of fused-ring (bicyclic) bond motifs is 1. The first kappa shape index (κ1) is 13.6. The van der Waals surface area contributed by atoms with Crippen molar-refractivity contribution in [3.8, 4) is 0 Å². The molecule has 0 N–H and O–H groups in total. The molecule has 2 aromatic carbocycles. The van der Waals surface area contributed by atoms with Gasteiger partial charge in [0.1, 0.15) is 0 Å². The van der Waals surface area contributed by atoms with Crippen LogP contribution in [0, 0.1) is 0 Å². The number of oxazole rings is 1. The van der Waals surface area contributed by atoms with E-state index in [4.69, 9.17) is 4.42 Å². The highest BCUT2D eigenvalue weighted by Gasteiger charge is 2.17. The van der Waals surface area contributed by atoms with Gasteiger partial charge in [0.25, 0.3) is 0 Å². The van der Waals surface area contributed by atoms with Gasteiger partial charge in [0, 0.05) is 19.4 Å². The largest absolute Gasteiger partial charge is 0.419 e. The van der Waals surface area contributed by atoms with E-state index in [1.54, 1.807) is 19.6 Å². The van der Waals surface area contributed by atoms with Gasteiger partial charge in [-0.15, -0.1) is 0 Å². The van der Waals surface area contributed by atoms with Crippen LogP contribution in [0.3, 0.4) is 0 Å². The number of nitrogens with zero attached hydrogens (tertiary/aromatic N) is 3. The smallest absolute Gasteiger partial charge is 0.408 e. The average Bonchev–Trinajstić information content (AvgIpc) is 3.19. The fourth-order valence-electron chi connectivity index (χ4n) is 2.91. The maximum Gasteiger partial charge on any atom is 0.419 e. The summed E-state index contributed by atoms with van der Waals surface area (Å²) in [5.74, 6) is -0.351. The molecule has 0 spiro atoms. The molecule has 4 aromatic rings. The van der Waals surface area contributed by atoms with Crippen molar-refractivity contribution in [1.82, 2.24) is 14.1 Å². The van der Waals surface area contributed by atoms with Gasteiger partial charge in [-0.05, 0) is 23.3 Å². The average molecular weight is 305 g/mol. The van der Waals surface area contributed by atoms with Crippen molar-refractivity contribution in [1.29, 1.82) is 0 Å². The first-order valence-electron chi connectivity index (χ1n) is 7.36. The van der Waals surface area contributed by atoms with Gasteiger partial charge >= 0.3 is 5.76 Å². The predicted molar refractivity (Wildman–Crippen MR) is 87.4 cm³/mol. The zero-order valence-electron chi connectivity index (χ0n) is 12.6. The molecule has 5 heteroatoms. The Labute approximate surface area is 132 Å². The second-order valence-corrected chi connectivity index (χ2v) is 5.48. The molecule has 0 amide bonds. The standard InChI is InChI=1S/C18H15N3O2/c1-20-15-11-14(7-8-16(15)23-18(20)22)17(21-10-9-19-12-21)13-5-3-2-4-6-13/h2-12,17H,1H3. The number of hydrogen-bond acceptors (Lipinski definition) is 3. The van der Waals surface area contributed by atoms with E-state index >= 15 is 0 Å². The van der Waals surface area contributed by atoms with E-state index in [9.17, 15) is 4.79 Å². The zero-order chi connectivity index (χ0) is 15.8. The molecular formula is C18H15N3O2. The molecule has 114 valence electrons. The van der Waals surface area contributed by atoms with Crippen molar-refractivity contribution in [2.45, 2.75) is 6.04 Å². The second-order valence-electron chi connectivity index (χ2n) is 5.48. The molecule has 0 fully saturated rings. The van der Waals surface area contributed by atoms with Gasteiger partial charge in [0.05, 0.1) is 17.9 Å². The minimum Gasteiger partial charge on any atom is -0.408 e. The van der Waals surface area contributed by atoms with Crippen LogP contribution in [-0.4, -0.2) is 14.1 Å². The van der Waals surface area contributed by atoms with Gasteiger partial charge < -0.3 is 8.98 Å². The van der Waals surface area contributed by atoms with Crippen LogP contribution in [0.2, 0.25) is 0 Å². The Kier molecular flexibility index (Phi) is 3.12. The molecule has 23 heavy (non-hydrogen) atoms. The third-order valence-electron chi connectivity index (χ3n) is 4.07. The quantitative estimate of drug-likeness (QED) is 0.585. The molecule has 0 saturated carbocycles. The van der Waals surface area contributed by atoms with Crippen LogP contribution < -0.4 is 5.76 Å². The number of benzene rings is 2. The lowest BCUT2D eigenvalue weighted by Gasteiger charge is -2.19. The summed E-state index contributed by atoms with van der Waals surface area (Å²) in [5.41, 5.74) is 3.60. The van der Waals surface area contributed by atoms with Crippen LogP contribution in [0.1, 0.15) is 17.2 Å². The fraction of sp³-hybridized carbons (Fsp3) is 0.111. The Bertz CT molecular complexity index is 998. The summed E-state index contributed by atoms with van der Waals surface area (Å²) in [6.45, 7) is 0. The zero-order valence-corrected chi connectivity index (χ0v) is 12.6. The number of rotatable bonds is 3. The van der Waals surface area contributed by atoms with Crippen molar-refractivity contribution in [2.75, 3.05) is 0 Å². The molecule has 0 aliphatic rings. The summed E-state index contributed by atoms with van der Waals surface area (Å²) in [4.78, 5) is 15.9. The Hall–Kier alpha value is -3.08. The number of aromatic nitrogens is 3. The Morgan fingerprint density at radius 2 is 1.91 bits per heavy atom. The Morgan fingerprint density at radius 3 is 2.65 bits per heavy atom. The lowest BCUT2D eigenvalue weighted by Crippen LogP contribution is -2.11. The van der Waals surface area contributed by atoms with Gasteiger partial charge in [-0.3, -0.25) is 4.57 Å². The van der Waals surface area contributed by atoms with E-state index in [0.29, 0.717) is 5.58 Å². The van der Waals surface area contributed by atoms with Crippen molar-refractivity contribution >= 4 is 11.1 Å². The minimum absolute atomic E-state index is 0.00639. The van der Waals surface area contributed by atoms with Crippen LogP contribution in [-0.2, 0) is 7.05 Å². The van der Waals surface area contributed by atoms with E-state index in [1.807, 2.05) is 42.6 Å². The maximum absolute atomic E-state index is 11.7. The lowest BCUT2D eigenvalue weighted by molar-refractivity contribution is 0.528. The molecule has 0 radical (unpaired) electrons. The van der Waals surface area contributed by atoms with E-state index < -0.39 is 0 Å². The lowest BCUT2D eigenvalue weighted by atomic mass is 9.98.